The summed E-state index contributed by atoms with van der Waals surface area (Å²) in [6.45, 7) is 0. The van der Waals surface area contributed by atoms with Gasteiger partial charge in [0.1, 0.15) is 0 Å². The minimum absolute atomic E-state index is 0.230. The van der Waals surface area contributed by atoms with E-state index in [4.69, 9.17) is 4.42 Å². The van der Waals surface area contributed by atoms with Crippen LogP contribution in [0.4, 0.5) is 8.78 Å². The van der Waals surface area contributed by atoms with Crippen LogP contribution in [0.1, 0.15) is 22.7 Å². The van der Waals surface area contributed by atoms with Gasteiger partial charge in [0.25, 0.3) is 0 Å². The predicted octanol–water partition coefficient (Wildman–Crippen LogP) is 3.46. The zero-order valence-electron chi connectivity index (χ0n) is 9.81. The van der Waals surface area contributed by atoms with Gasteiger partial charge in [-0.1, -0.05) is 12.1 Å². The van der Waals surface area contributed by atoms with Gasteiger partial charge in [0.05, 0.1) is 30.5 Å². The molecule has 0 amide bonds. The molecule has 1 N–H and O–H groups in total. The van der Waals surface area contributed by atoms with Crippen molar-refractivity contribution in [3.8, 4) is 0 Å². The van der Waals surface area contributed by atoms with Crippen molar-refractivity contribution in [1.29, 1.82) is 0 Å². The number of nitrogens with one attached hydrogen (secondary N) is 1. The van der Waals surface area contributed by atoms with Gasteiger partial charge in [-0.15, -0.1) is 0 Å². The molecule has 1 unspecified atom stereocenters. The summed E-state index contributed by atoms with van der Waals surface area (Å²) >= 11 is 0. The number of aromatic amines is 1. The number of H-pyrrole nitrogens is 1. The minimum Gasteiger partial charge on any atom is -0.472 e. The summed E-state index contributed by atoms with van der Waals surface area (Å²) < 4.78 is 32.4. The number of furan rings is 1. The molecule has 5 heteroatoms. The fraction of sp³-hybridized carbons (Fsp3) is 0.0714. The Kier molecular flexibility index (Phi) is 2.87. The number of halogens is 2. The minimum atomic E-state index is -0.874. The molecule has 1 atom stereocenters. The maximum atomic E-state index is 14.0. The van der Waals surface area contributed by atoms with Crippen LogP contribution in [-0.2, 0) is 0 Å². The van der Waals surface area contributed by atoms with Crippen LogP contribution < -0.4 is 0 Å². The lowest BCUT2D eigenvalue weighted by Crippen LogP contribution is -2.06. The van der Waals surface area contributed by atoms with Gasteiger partial charge in [-0.3, -0.25) is 0 Å². The molecule has 3 rings (SSSR count). The number of hydrogen-bond acceptors (Lipinski definition) is 2. The lowest BCUT2D eigenvalue weighted by Gasteiger charge is -2.14. The van der Waals surface area contributed by atoms with Crippen molar-refractivity contribution < 1.29 is 13.2 Å². The zero-order chi connectivity index (χ0) is 13.2. The van der Waals surface area contributed by atoms with Crippen LogP contribution in [0.2, 0.25) is 0 Å². The van der Waals surface area contributed by atoms with Crippen LogP contribution in [0.15, 0.2) is 53.7 Å². The Hall–Kier alpha value is -2.43. The maximum absolute atomic E-state index is 14.0. The number of nitrogens with zero attached hydrogens (tertiary/aromatic N) is 1. The van der Waals surface area contributed by atoms with Crippen LogP contribution in [0.25, 0.3) is 0 Å². The van der Waals surface area contributed by atoms with E-state index >= 15 is 0 Å². The molecule has 2 heterocycles. The summed E-state index contributed by atoms with van der Waals surface area (Å²) in [6, 6.07) is 5.83. The first-order chi connectivity index (χ1) is 9.27. The Morgan fingerprint density at radius 3 is 2.79 bits per heavy atom. The summed E-state index contributed by atoms with van der Waals surface area (Å²) in [4.78, 5) is 6.95. The van der Waals surface area contributed by atoms with Gasteiger partial charge in [0, 0.05) is 17.3 Å². The summed E-state index contributed by atoms with van der Waals surface area (Å²) in [5.41, 5.74) is 1.55. The van der Waals surface area contributed by atoms with Crippen LogP contribution in [-0.4, -0.2) is 9.97 Å². The van der Waals surface area contributed by atoms with Gasteiger partial charge in [0.2, 0.25) is 0 Å². The van der Waals surface area contributed by atoms with Gasteiger partial charge in [-0.05, 0) is 12.1 Å². The Morgan fingerprint density at radius 1 is 1.21 bits per heavy atom. The third-order valence-corrected chi connectivity index (χ3v) is 2.98. The molecule has 0 aliphatic carbocycles. The summed E-state index contributed by atoms with van der Waals surface area (Å²) in [5, 5.41) is 0. The highest BCUT2D eigenvalue weighted by Gasteiger charge is 2.24. The van der Waals surface area contributed by atoms with E-state index in [9.17, 15) is 8.78 Å². The Bertz CT molecular complexity index is 629. The summed E-state index contributed by atoms with van der Waals surface area (Å²) in [7, 11) is 0. The number of hydrogen-bond donors (Lipinski definition) is 1. The molecule has 0 saturated heterocycles. The van der Waals surface area contributed by atoms with Crippen molar-refractivity contribution in [1.82, 2.24) is 9.97 Å². The van der Waals surface area contributed by atoms with E-state index < -0.39 is 17.6 Å². The fourth-order valence-corrected chi connectivity index (χ4v) is 2.12. The van der Waals surface area contributed by atoms with E-state index in [-0.39, 0.29) is 5.56 Å². The van der Waals surface area contributed by atoms with E-state index in [0.717, 1.165) is 11.6 Å². The molecule has 0 bridgehead atoms. The van der Waals surface area contributed by atoms with Gasteiger partial charge in [-0.25, -0.2) is 13.8 Å². The van der Waals surface area contributed by atoms with Crippen molar-refractivity contribution in [2.75, 3.05) is 0 Å². The second-order valence-electron chi connectivity index (χ2n) is 4.13. The van der Waals surface area contributed by atoms with Gasteiger partial charge < -0.3 is 9.40 Å². The van der Waals surface area contributed by atoms with Gasteiger partial charge in [0.15, 0.2) is 11.6 Å². The highest BCUT2D eigenvalue weighted by Crippen LogP contribution is 2.32. The topological polar surface area (TPSA) is 41.8 Å². The molecular weight excluding hydrogens is 250 g/mol. The average molecular weight is 260 g/mol. The van der Waals surface area contributed by atoms with Crippen molar-refractivity contribution in [3.05, 3.63) is 77.8 Å². The zero-order valence-corrected chi connectivity index (χ0v) is 9.81. The molecule has 0 spiro atoms. The molecule has 96 valence electrons. The lowest BCUT2D eigenvalue weighted by molar-refractivity contribution is 0.496. The first-order valence-corrected chi connectivity index (χ1v) is 5.72. The first kappa shape index (κ1) is 11.6. The Balaban J connectivity index is 2.18. The predicted molar refractivity (Wildman–Crippen MR) is 64.6 cm³/mol. The molecular formula is C14H10F2N2O. The van der Waals surface area contributed by atoms with E-state index in [2.05, 4.69) is 9.97 Å². The molecule has 1 aromatic carbocycles. The molecule has 2 aromatic heterocycles. The standard InChI is InChI=1S/C14H10F2N2O/c15-11-3-1-2-10(14(11)16)13(9-4-5-19-7-9)12-6-17-8-18-12/h1-8,13H,(H,17,18). The summed E-state index contributed by atoms with van der Waals surface area (Å²) in [6.07, 6.45) is 6.15. The van der Waals surface area contributed by atoms with E-state index in [1.807, 2.05) is 0 Å². The second-order valence-corrected chi connectivity index (χ2v) is 4.13. The van der Waals surface area contributed by atoms with Crippen molar-refractivity contribution in [2.45, 2.75) is 5.92 Å². The van der Waals surface area contributed by atoms with Crippen molar-refractivity contribution in [2.24, 2.45) is 0 Å². The van der Waals surface area contributed by atoms with Crippen molar-refractivity contribution >= 4 is 0 Å². The van der Waals surface area contributed by atoms with Gasteiger partial charge >= 0.3 is 0 Å². The first-order valence-electron chi connectivity index (χ1n) is 5.72. The lowest BCUT2D eigenvalue weighted by atomic mass is 9.90. The fourth-order valence-electron chi connectivity index (χ4n) is 2.12. The molecule has 0 radical (unpaired) electrons. The van der Waals surface area contributed by atoms with Crippen LogP contribution in [0, 0.1) is 11.6 Å². The highest BCUT2D eigenvalue weighted by molar-refractivity contribution is 5.39. The molecule has 0 aliphatic rings. The molecule has 19 heavy (non-hydrogen) atoms. The maximum Gasteiger partial charge on any atom is 0.163 e. The molecule has 0 aliphatic heterocycles. The molecule has 0 saturated carbocycles. The van der Waals surface area contributed by atoms with E-state index in [1.165, 1.54) is 24.9 Å². The molecule has 0 fully saturated rings. The second kappa shape index (κ2) is 4.68. The average Bonchev–Trinajstić information content (AvgIpc) is 3.08. The van der Waals surface area contributed by atoms with E-state index in [0.29, 0.717) is 5.69 Å². The third-order valence-electron chi connectivity index (χ3n) is 2.98. The number of rotatable bonds is 3. The SMILES string of the molecule is Fc1cccc(C(c2ccoc2)c2c[nH]cn2)c1F. The Morgan fingerprint density at radius 2 is 2.11 bits per heavy atom. The largest absolute Gasteiger partial charge is 0.472 e. The molecule has 3 aromatic rings. The highest BCUT2D eigenvalue weighted by atomic mass is 19.2. The smallest absolute Gasteiger partial charge is 0.163 e. The number of aromatic nitrogens is 2. The monoisotopic (exact) mass is 260 g/mol. The quantitative estimate of drug-likeness (QED) is 0.783. The molecule has 3 nitrogen and oxygen atoms in total. The number of benzene rings is 1. The Labute approximate surface area is 107 Å². The van der Waals surface area contributed by atoms with E-state index in [1.54, 1.807) is 18.3 Å². The third kappa shape index (κ3) is 2.03. The normalized spacial score (nSPS) is 12.5. The van der Waals surface area contributed by atoms with Crippen LogP contribution in [0.5, 0.6) is 0 Å². The number of imidazole rings is 1. The van der Waals surface area contributed by atoms with Crippen LogP contribution >= 0.6 is 0 Å². The van der Waals surface area contributed by atoms with Crippen molar-refractivity contribution in [3.63, 3.8) is 0 Å². The summed E-state index contributed by atoms with van der Waals surface area (Å²) in [5.74, 6) is -2.24. The van der Waals surface area contributed by atoms with Crippen LogP contribution in [0.3, 0.4) is 0 Å². The van der Waals surface area contributed by atoms with Gasteiger partial charge in [-0.2, -0.15) is 0 Å².